The summed E-state index contributed by atoms with van der Waals surface area (Å²) < 4.78 is 10.7. The van der Waals surface area contributed by atoms with Crippen molar-refractivity contribution in [3.8, 4) is 0 Å². The first kappa shape index (κ1) is 17.9. The van der Waals surface area contributed by atoms with E-state index < -0.39 is 17.8 Å². The van der Waals surface area contributed by atoms with E-state index in [2.05, 4.69) is 10.3 Å². The lowest BCUT2D eigenvalue weighted by Gasteiger charge is -2.34. The van der Waals surface area contributed by atoms with E-state index in [1.165, 1.54) is 7.11 Å². The van der Waals surface area contributed by atoms with Gasteiger partial charge in [-0.15, -0.1) is 0 Å². The molecule has 1 aromatic heterocycles. The molecular formula is C18H21ClN2O4. The number of pyridine rings is 1. The van der Waals surface area contributed by atoms with E-state index in [9.17, 15) is 9.59 Å². The smallest absolute Gasteiger partial charge is 0.336 e. The highest BCUT2D eigenvalue weighted by molar-refractivity contribution is 6.29. The molecule has 0 radical (unpaired) electrons. The average molecular weight is 365 g/mol. The molecule has 3 heterocycles. The Morgan fingerprint density at radius 3 is 2.88 bits per heavy atom. The Balaban J connectivity index is 2.03. The van der Waals surface area contributed by atoms with Gasteiger partial charge in [-0.25, -0.2) is 9.78 Å². The van der Waals surface area contributed by atoms with Crippen LogP contribution >= 0.6 is 11.6 Å². The Bertz CT molecular complexity index is 696. The van der Waals surface area contributed by atoms with Crippen molar-refractivity contribution in [1.82, 2.24) is 10.3 Å². The number of amides is 1. The van der Waals surface area contributed by atoms with E-state index in [0.717, 1.165) is 18.4 Å². The maximum atomic E-state index is 12.7. The van der Waals surface area contributed by atoms with Gasteiger partial charge in [0, 0.05) is 24.4 Å². The van der Waals surface area contributed by atoms with Crippen LogP contribution in [0, 0.1) is 5.92 Å². The molecule has 0 bridgehead atoms. The molecule has 0 spiro atoms. The standard InChI is InChI=1S/C18H21ClN2O4/c1-10-15(18(23)24-2)16(11-5-6-14(19)20-9-11)13(17(22)21-10)8-12-4-3-7-25-12/h5-6,9,12-13,16H,3-4,7-8H2,1-2H3,(H,21,22)/t12-,13?,16-/m1/s1. The molecule has 0 saturated carbocycles. The number of aromatic nitrogens is 1. The first-order valence-electron chi connectivity index (χ1n) is 8.34. The van der Waals surface area contributed by atoms with Gasteiger partial charge in [0.2, 0.25) is 5.91 Å². The van der Waals surface area contributed by atoms with Gasteiger partial charge < -0.3 is 14.8 Å². The number of halogens is 1. The number of allylic oxidation sites excluding steroid dienone is 1. The Morgan fingerprint density at radius 1 is 1.48 bits per heavy atom. The zero-order valence-electron chi connectivity index (χ0n) is 14.3. The normalized spacial score (nSPS) is 26.5. The molecule has 7 heteroatoms. The van der Waals surface area contributed by atoms with Crippen LogP contribution in [-0.4, -0.2) is 36.7 Å². The minimum Gasteiger partial charge on any atom is -0.466 e. The van der Waals surface area contributed by atoms with E-state index in [4.69, 9.17) is 21.1 Å². The van der Waals surface area contributed by atoms with Gasteiger partial charge in [0.05, 0.1) is 24.7 Å². The third kappa shape index (κ3) is 3.70. The predicted octanol–water partition coefficient (Wildman–Crippen LogP) is 2.58. The minimum atomic E-state index is -0.449. The summed E-state index contributed by atoms with van der Waals surface area (Å²) in [5.41, 5.74) is 1.73. The molecule has 1 amide bonds. The monoisotopic (exact) mass is 364 g/mol. The summed E-state index contributed by atoms with van der Waals surface area (Å²) in [4.78, 5) is 29.2. The molecule has 0 aliphatic carbocycles. The van der Waals surface area contributed by atoms with Crippen molar-refractivity contribution in [3.63, 3.8) is 0 Å². The Morgan fingerprint density at radius 2 is 2.28 bits per heavy atom. The molecule has 3 atom stereocenters. The van der Waals surface area contributed by atoms with Crippen LogP contribution in [0.2, 0.25) is 5.15 Å². The zero-order chi connectivity index (χ0) is 18.0. The molecule has 1 N–H and O–H groups in total. The molecule has 3 rings (SSSR count). The van der Waals surface area contributed by atoms with Gasteiger partial charge in [0.1, 0.15) is 5.15 Å². The predicted molar refractivity (Wildman–Crippen MR) is 91.9 cm³/mol. The molecular weight excluding hydrogens is 344 g/mol. The number of ether oxygens (including phenoxy) is 2. The van der Waals surface area contributed by atoms with Crippen molar-refractivity contribution in [2.75, 3.05) is 13.7 Å². The number of nitrogens with zero attached hydrogens (tertiary/aromatic N) is 1. The average Bonchev–Trinajstić information content (AvgIpc) is 3.10. The minimum absolute atomic E-state index is 0.0239. The van der Waals surface area contributed by atoms with Gasteiger partial charge in [-0.05, 0) is 37.8 Å². The summed E-state index contributed by atoms with van der Waals surface area (Å²) in [7, 11) is 1.34. The third-order valence-electron chi connectivity index (χ3n) is 4.82. The number of carbonyl (C=O) groups is 2. The first-order chi connectivity index (χ1) is 12.0. The summed E-state index contributed by atoms with van der Waals surface area (Å²) in [6.45, 7) is 2.42. The third-order valence-corrected chi connectivity index (χ3v) is 5.04. The maximum absolute atomic E-state index is 12.7. The van der Waals surface area contributed by atoms with Crippen LogP contribution in [0.5, 0.6) is 0 Å². The second-order valence-electron chi connectivity index (χ2n) is 6.39. The molecule has 2 aliphatic rings. The molecule has 0 aromatic carbocycles. The second-order valence-corrected chi connectivity index (χ2v) is 6.78. The van der Waals surface area contributed by atoms with Crippen LogP contribution in [0.1, 0.15) is 37.7 Å². The van der Waals surface area contributed by atoms with Crippen molar-refractivity contribution in [2.45, 2.75) is 38.2 Å². The number of hydrogen-bond acceptors (Lipinski definition) is 5. The molecule has 1 unspecified atom stereocenters. The van der Waals surface area contributed by atoms with E-state index in [1.54, 1.807) is 25.3 Å². The quantitative estimate of drug-likeness (QED) is 0.656. The Labute approximate surface area is 151 Å². The van der Waals surface area contributed by atoms with Gasteiger partial charge in [-0.1, -0.05) is 17.7 Å². The van der Waals surface area contributed by atoms with Gasteiger partial charge in [0.25, 0.3) is 0 Å². The lowest BCUT2D eigenvalue weighted by atomic mass is 9.74. The Hall–Kier alpha value is -1.92. The molecule has 1 fully saturated rings. The molecule has 2 aliphatic heterocycles. The summed E-state index contributed by atoms with van der Waals surface area (Å²) in [5, 5.41) is 3.18. The van der Waals surface area contributed by atoms with Gasteiger partial charge in [0.15, 0.2) is 0 Å². The fourth-order valence-electron chi connectivity index (χ4n) is 3.65. The molecule has 134 valence electrons. The van der Waals surface area contributed by atoms with Gasteiger partial charge >= 0.3 is 5.97 Å². The fraction of sp³-hybridized carbons (Fsp3) is 0.500. The molecule has 1 saturated heterocycles. The number of nitrogens with one attached hydrogen (secondary N) is 1. The van der Waals surface area contributed by atoms with E-state index in [1.807, 2.05) is 0 Å². The highest BCUT2D eigenvalue weighted by Gasteiger charge is 2.42. The van der Waals surface area contributed by atoms with Crippen molar-refractivity contribution >= 4 is 23.5 Å². The summed E-state index contributed by atoms with van der Waals surface area (Å²) in [6, 6.07) is 3.47. The van der Waals surface area contributed by atoms with Crippen LogP contribution < -0.4 is 5.32 Å². The van der Waals surface area contributed by atoms with Crippen LogP contribution in [0.4, 0.5) is 0 Å². The summed E-state index contributed by atoms with van der Waals surface area (Å²) in [5.74, 6) is -1.42. The molecule has 25 heavy (non-hydrogen) atoms. The maximum Gasteiger partial charge on any atom is 0.336 e. The summed E-state index contributed by atoms with van der Waals surface area (Å²) in [6.07, 6.45) is 4.10. The highest BCUT2D eigenvalue weighted by atomic mass is 35.5. The SMILES string of the molecule is COC(=O)C1=C(C)NC(=O)C(C[C@H]2CCCO2)[C@H]1c1ccc(Cl)nc1. The number of carbonyl (C=O) groups excluding carboxylic acids is 2. The fourth-order valence-corrected chi connectivity index (χ4v) is 3.76. The lowest BCUT2D eigenvalue weighted by Crippen LogP contribution is -2.43. The van der Waals surface area contributed by atoms with Crippen molar-refractivity contribution in [3.05, 3.63) is 40.3 Å². The van der Waals surface area contributed by atoms with Crippen molar-refractivity contribution in [1.29, 1.82) is 0 Å². The van der Waals surface area contributed by atoms with Crippen molar-refractivity contribution in [2.24, 2.45) is 5.92 Å². The molecule has 6 nitrogen and oxygen atoms in total. The Kier molecular flexibility index (Phi) is 5.39. The lowest BCUT2D eigenvalue weighted by molar-refractivity contribution is -0.137. The van der Waals surface area contributed by atoms with Crippen molar-refractivity contribution < 1.29 is 19.1 Å². The van der Waals surface area contributed by atoms with Crippen LogP contribution in [0.25, 0.3) is 0 Å². The largest absolute Gasteiger partial charge is 0.466 e. The second kappa shape index (κ2) is 7.54. The van der Waals surface area contributed by atoms with Crippen LogP contribution in [0.15, 0.2) is 29.6 Å². The van der Waals surface area contributed by atoms with E-state index in [0.29, 0.717) is 29.5 Å². The van der Waals surface area contributed by atoms with E-state index in [-0.39, 0.29) is 12.0 Å². The van der Waals surface area contributed by atoms with Gasteiger partial charge in [-0.3, -0.25) is 4.79 Å². The summed E-state index contributed by atoms with van der Waals surface area (Å²) >= 11 is 5.89. The number of esters is 1. The van der Waals surface area contributed by atoms with E-state index >= 15 is 0 Å². The zero-order valence-corrected chi connectivity index (χ0v) is 15.0. The topological polar surface area (TPSA) is 77.5 Å². The highest BCUT2D eigenvalue weighted by Crippen LogP contribution is 2.40. The van der Waals surface area contributed by atoms with Crippen LogP contribution in [0.3, 0.4) is 0 Å². The molecule has 1 aromatic rings. The number of rotatable bonds is 4. The number of hydrogen-bond donors (Lipinski definition) is 1. The van der Waals surface area contributed by atoms with Gasteiger partial charge in [-0.2, -0.15) is 0 Å². The van der Waals surface area contributed by atoms with Crippen LogP contribution in [-0.2, 0) is 19.1 Å². The number of methoxy groups -OCH3 is 1. The first-order valence-corrected chi connectivity index (χ1v) is 8.72.